The van der Waals surface area contributed by atoms with Crippen molar-refractivity contribution in [2.24, 2.45) is 11.8 Å². The molecule has 1 saturated carbocycles. The van der Waals surface area contributed by atoms with Crippen LogP contribution in [0.2, 0.25) is 0 Å². The first-order valence-corrected chi connectivity index (χ1v) is 4.47. The van der Waals surface area contributed by atoms with Gasteiger partial charge in [0.25, 0.3) is 0 Å². The lowest BCUT2D eigenvalue weighted by Crippen LogP contribution is -2.29. The van der Waals surface area contributed by atoms with Crippen LogP contribution in [0.1, 0.15) is 25.7 Å². The minimum absolute atomic E-state index is 0.168. The average Bonchev–Trinajstić information content (AvgIpc) is 1.93. The molecule has 0 heterocycles. The molecule has 0 spiro atoms. The molecule has 1 atom stereocenters. The Morgan fingerprint density at radius 1 is 1.67 bits per heavy atom. The summed E-state index contributed by atoms with van der Waals surface area (Å²) in [4.78, 5) is 10.8. The molecule has 0 aromatic carbocycles. The van der Waals surface area contributed by atoms with Crippen molar-refractivity contribution in [3.05, 3.63) is 0 Å². The fourth-order valence-corrected chi connectivity index (χ4v) is 1.65. The zero-order valence-corrected chi connectivity index (χ0v) is 7.45. The van der Waals surface area contributed by atoms with E-state index in [0.717, 1.165) is 12.8 Å². The normalized spacial score (nSPS) is 20.1. The molecule has 70 valence electrons. The van der Waals surface area contributed by atoms with Gasteiger partial charge < -0.3 is 9.84 Å². The highest BCUT2D eigenvalue weighted by Gasteiger charge is 2.31. The fourth-order valence-electron chi connectivity index (χ4n) is 1.65. The quantitative estimate of drug-likeness (QED) is 0.684. The Hall–Kier alpha value is -0.570. The monoisotopic (exact) mass is 172 g/mol. The Balaban J connectivity index is 2.32. The predicted molar refractivity (Wildman–Crippen MR) is 45.0 cm³/mol. The van der Waals surface area contributed by atoms with E-state index in [4.69, 9.17) is 9.84 Å². The summed E-state index contributed by atoms with van der Waals surface area (Å²) in [5.74, 6) is -0.409. The molecule has 1 rings (SSSR count). The predicted octanol–water partition coefficient (Wildman–Crippen LogP) is 1.52. The van der Waals surface area contributed by atoms with E-state index in [1.54, 1.807) is 7.11 Å². The summed E-state index contributed by atoms with van der Waals surface area (Å²) in [6, 6.07) is 0. The highest BCUT2D eigenvalue weighted by Crippen LogP contribution is 2.35. The van der Waals surface area contributed by atoms with Crippen molar-refractivity contribution in [3.63, 3.8) is 0 Å². The van der Waals surface area contributed by atoms with Gasteiger partial charge in [0.05, 0.1) is 5.92 Å². The first-order valence-electron chi connectivity index (χ1n) is 4.47. The van der Waals surface area contributed by atoms with E-state index >= 15 is 0 Å². The fraction of sp³-hybridized carbons (Fsp3) is 0.889. The highest BCUT2D eigenvalue weighted by molar-refractivity contribution is 5.70. The summed E-state index contributed by atoms with van der Waals surface area (Å²) >= 11 is 0. The maximum Gasteiger partial charge on any atom is 0.306 e. The second-order valence-electron chi connectivity index (χ2n) is 3.42. The molecule has 1 aliphatic carbocycles. The molecule has 3 nitrogen and oxygen atoms in total. The molecule has 0 aromatic rings. The number of aliphatic carboxylic acids is 1. The number of carbonyl (C=O) groups is 1. The number of methoxy groups -OCH3 is 1. The lowest BCUT2D eigenvalue weighted by Gasteiger charge is -2.30. The molecule has 1 fully saturated rings. The largest absolute Gasteiger partial charge is 0.481 e. The first-order chi connectivity index (χ1) is 5.75. The van der Waals surface area contributed by atoms with Gasteiger partial charge in [-0.05, 0) is 25.2 Å². The van der Waals surface area contributed by atoms with Crippen LogP contribution >= 0.6 is 0 Å². The molecule has 1 unspecified atom stereocenters. The molecule has 0 radical (unpaired) electrons. The van der Waals surface area contributed by atoms with Crippen LogP contribution in [0.25, 0.3) is 0 Å². The molecule has 3 heteroatoms. The summed E-state index contributed by atoms with van der Waals surface area (Å²) in [6.07, 6.45) is 4.03. The summed E-state index contributed by atoms with van der Waals surface area (Å²) in [5.41, 5.74) is 0. The van der Waals surface area contributed by atoms with Gasteiger partial charge in [-0.3, -0.25) is 4.79 Å². The number of carboxylic acid groups (broad SMARTS) is 1. The van der Waals surface area contributed by atoms with Crippen molar-refractivity contribution in [3.8, 4) is 0 Å². The van der Waals surface area contributed by atoms with Crippen molar-refractivity contribution in [2.45, 2.75) is 25.7 Å². The molecular formula is C9H16O3. The number of rotatable bonds is 5. The van der Waals surface area contributed by atoms with Gasteiger partial charge in [-0.15, -0.1) is 0 Å². The van der Waals surface area contributed by atoms with Crippen LogP contribution < -0.4 is 0 Å². The van der Waals surface area contributed by atoms with E-state index in [1.165, 1.54) is 6.42 Å². The molecular weight excluding hydrogens is 156 g/mol. The van der Waals surface area contributed by atoms with Crippen LogP contribution in [0.5, 0.6) is 0 Å². The van der Waals surface area contributed by atoms with E-state index < -0.39 is 5.97 Å². The Bertz CT molecular complexity index is 152. The Morgan fingerprint density at radius 2 is 2.33 bits per heavy atom. The van der Waals surface area contributed by atoms with Gasteiger partial charge in [-0.1, -0.05) is 6.42 Å². The van der Waals surface area contributed by atoms with Crippen LogP contribution in [-0.2, 0) is 9.53 Å². The number of hydrogen-bond acceptors (Lipinski definition) is 2. The number of carboxylic acids is 1. The molecule has 0 bridgehead atoms. The molecule has 0 saturated heterocycles. The summed E-state index contributed by atoms with van der Waals surface area (Å²) in [5, 5.41) is 8.88. The summed E-state index contributed by atoms with van der Waals surface area (Å²) in [7, 11) is 1.61. The van der Waals surface area contributed by atoms with Crippen LogP contribution in [0.15, 0.2) is 0 Å². The standard InChI is InChI=1S/C9H16O3/c1-12-6-5-8(9(10)11)7-3-2-4-7/h7-8H,2-6H2,1H3,(H,10,11). The van der Waals surface area contributed by atoms with Gasteiger partial charge in [0.15, 0.2) is 0 Å². The maximum atomic E-state index is 10.8. The van der Waals surface area contributed by atoms with E-state index in [-0.39, 0.29) is 5.92 Å². The van der Waals surface area contributed by atoms with Crippen molar-refractivity contribution >= 4 is 5.97 Å². The Labute approximate surface area is 72.7 Å². The summed E-state index contributed by atoms with van der Waals surface area (Å²) < 4.78 is 4.88. The Morgan fingerprint density at radius 3 is 2.67 bits per heavy atom. The second kappa shape index (κ2) is 4.45. The van der Waals surface area contributed by atoms with Crippen LogP contribution in [-0.4, -0.2) is 24.8 Å². The first kappa shape index (κ1) is 9.52. The third-order valence-electron chi connectivity index (χ3n) is 2.67. The van der Waals surface area contributed by atoms with Crippen LogP contribution in [0.4, 0.5) is 0 Å². The van der Waals surface area contributed by atoms with Gasteiger partial charge in [-0.2, -0.15) is 0 Å². The molecule has 1 aliphatic rings. The topological polar surface area (TPSA) is 46.5 Å². The van der Waals surface area contributed by atoms with Crippen molar-refractivity contribution in [1.29, 1.82) is 0 Å². The van der Waals surface area contributed by atoms with E-state index in [0.29, 0.717) is 18.9 Å². The molecule has 12 heavy (non-hydrogen) atoms. The third kappa shape index (κ3) is 2.21. The highest BCUT2D eigenvalue weighted by atomic mass is 16.5. The van der Waals surface area contributed by atoms with Gasteiger partial charge in [-0.25, -0.2) is 0 Å². The SMILES string of the molecule is COCCC(C(=O)O)C1CCC1. The number of hydrogen-bond donors (Lipinski definition) is 1. The van der Waals surface area contributed by atoms with E-state index in [1.807, 2.05) is 0 Å². The minimum Gasteiger partial charge on any atom is -0.481 e. The molecule has 0 amide bonds. The molecule has 0 aliphatic heterocycles. The summed E-state index contributed by atoms with van der Waals surface area (Å²) in [6.45, 7) is 0.563. The minimum atomic E-state index is -0.656. The van der Waals surface area contributed by atoms with Gasteiger partial charge >= 0.3 is 5.97 Å². The second-order valence-corrected chi connectivity index (χ2v) is 3.42. The number of ether oxygens (including phenoxy) is 1. The van der Waals surface area contributed by atoms with Crippen LogP contribution in [0.3, 0.4) is 0 Å². The zero-order valence-electron chi connectivity index (χ0n) is 7.45. The van der Waals surface area contributed by atoms with Crippen LogP contribution in [0, 0.1) is 11.8 Å². The Kier molecular flexibility index (Phi) is 3.53. The van der Waals surface area contributed by atoms with Gasteiger partial charge in [0.1, 0.15) is 0 Å². The van der Waals surface area contributed by atoms with E-state index in [9.17, 15) is 4.79 Å². The van der Waals surface area contributed by atoms with Crippen molar-refractivity contribution < 1.29 is 14.6 Å². The van der Waals surface area contributed by atoms with E-state index in [2.05, 4.69) is 0 Å². The lowest BCUT2D eigenvalue weighted by atomic mass is 9.75. The lowest BCUT2D eigenvalue weighted by molar-refractivity contribution is -0.145. The van der Waals surface area contributed by atoms with Gasteiger partial charge in [0.2, 0.25) is 0 Å². The third-order valence-corrected chi connectivity index (χ3v) is 2.67. The van der Waals surface area contributed by atoms with Crippen molar-refractivity contribution in [1.82, 2.24) is 0 Å². The zero-order chi connectivity index (χ0) is 8.97. The van der Waals surface area contributed by atoms with Crippen molar-refractivity contribution in [2.75, 3.05) is 13.7 Å². The average molecular weight is 172 g/mol. The molecule has 1 N–H and O–H groups in total. The maximum absolute atomic E-state index is 10.8. The van der Waals surface area contributed by atoms with Gasteiger partial charge in [0, 0.05) is 13.7 Å². The molecule has 0 aromatic heterocycles. The smallest absolute Gasteiger partial charge is 0.306 e.